The van der Waals surface area contributed by atoms with Gasteiger partial charge in [0.1, 0.15) is 5.82 Å². The molecular formula is C17H25ClFN. The maximum absolute atomic E-state index is 13.9. The molecule has 1 aromatic rings. The highest BCUT2D eigenvalue weighted by Gasteiger charge is 2.22. The predicted molar refractivity (Wildman–Crippen MR) is 83.8 cm³/mol. The van der Waals surface area contributed by atoms with Crippen molar-refractivity contribution in [3.05, 3.63) is 34.6 Å². The van der Waals surface area contributed by atoms with E-state index in [1.165, 1.54) is 51.0 Å². The van der Waals surface area contributed by atoms with Crippen molar-refractivity contribution >= 4 is 11.6 Å². The van der Waals surface area contributed by atoms with Crippen molar-refractivity contribution in [3.63, 3.8) is 0 Å². The fourth-order valence-electron chi connectivity index (χ4n) is 3.32. The quantitative estimate of drug-likeness (QED) is 0.827. The van der Waals surface area contributed by atoms with Crippen LogP contribution in [0.2, 0.25) is 5.02 Å². The third-order valence-corrected chi connectivity index (χ3v) is 4.78. The molecule has 1 nitrogen and oxygen atoms in total. The van der Waals surface area contributed by atoms with Gasteiger partial charge in [-0.25, -0.2) is 4.39 Å². The molecule has 1 atom stereocenters. The summed E-state index contributed by atoms with van der Waals surface area (Å²) in [5, 5.41) is 3.88. The molecule has 0 bridgehead atoms. The van der Waals surface area contributed by atoms with Crippen LogP contribution >= 0.6 is 11.6 Å². The van der Waals surface area contributed by atoms with Crippen molar-refractivity contribution in [2.75, 3.05) is 7.05 Å². The van der Waals surface area contributed by atoms with Gasteiger partial charge in [-0.2, -0.15) is 0 Å². The van der Waals surface area contributed by atoms with Crippen molar-refractivity contribution in [2.45, 2.75) is 57.4 Å². The second-order valence-corrected chi connectivity index (χ2v) is 6.38. The van der Waals surface area contributed by atoms with Crippen LogP contribution in [0.3, 0.4) is 0 Å². The Morgan fingerprint density at radius 1 is 1.20 bits per heavy atom. The molecule has 0 saturated heterocycles. The Morgan fingerprint density at radius 3 is 2.45 bits per heavy atom. The van der Waals surface area contributed by atoms with Crippen molar-refractivity contribution in [1.29, 1.82) is 0 Å². The molecule has 0 heterocycles. The Hall–Kier alpha value is -0.600. The summed E-state index contributed by atoms with van der Waals surface area (Å²) in [5.41, 5.74) is 0.774. The van der Waals surface area contributed by atoms with Crippen LogP contribution in [-0.2, 0) is 6.42 Å². The van der Waals surface area contributed by atoms with E-state index in [9.17, 15) is 4.39 Å². The molecule has 1 saturated carbocycles. The Balaban J connectivity index is 2.03. The highest BCUT2D eigenvalue weighted by atomic mass is 35.5. The lowest BCUT2D eigenvalue weighted by molar-refractivity contribution is 0.292. The average molecular weight is 298 g/mol. The van der Waals surface area contributed by atoms with Gasteiger partial charge in [0.15, 0.2) is 0 Å². The third-order valence-electron chi connectivity index (χ3n) is 4.54. The lowest BCUT2D eigenvalue weighted by Crippen LogP contribution is -2.36. The van der Waals surface area contributed by atoms with Gasteiger partial charge in [0, 0.05) is 11.1 Å². The van der Waals surface area contributed by atoms with Gasteiger partial charge < -0.3 is 5.32 Å². The van der Waals surface area contributed by atoms with E-state index in [4.69, 9.17) is 11.6 Å². The van der Waals surface area contributed by atoms with Gasteiger partial charge in [-0.15, -0.1) is 0 Å². The van der Waals surface area contributed by atoms with Crippen molar-refractivity contribution in [1.82, 2.24) is 5.32 Å². The summed E-state index contributed by atoms with van der Waals surface area (Å²) in [6, 6.07) is 5.39. The number of hydrogen-bond donors (Lipinski definition) is 1. The van der Waals surface area contributed by atoms with Gasteiger partial charge in [-0.1, -0.05) is 49.8 Å². The molecule has 20 heavy (non-hydrogen) atoms. The summed E-state index contributed by atoms with van der Waals surface area (Å²) in [7, 11) is 2.00. The molecule has 1 aliphatic rings. The van der Waals surface area contributed by atoms with E-state index < -0.39 is 0 Å². The summed E-state index contributed by atoms with van der Waals surface area (Å²) < 4.78 is 13.9. The second kappa shape index (κ2) is 7.99. The summed E-state index contributed by atoms with van der Waals surface area (Å²) >= 11 is 5.82. The van der Waals surface area contributed by atoms with Crippen LogP contribution in [0.15, 0.2) is 18.2 Å². The van der Waals surface area contributed by atoms with Crippen LogP contribution in [0.1, 0.15) is 50.5 Å². The van der Waals surface area contributed by atoms with Gasteiger partial charge in [0.2, 0.25) is 0 Å². The Morgan fingerprint density at radius 2 is 1.85 bits per heavy atom. The molecule has 0 aliphatic heterocycles. The van der Waals surface area contributed by atoms with E-state index in [0.717, 1.165) is 12.0 Å². The van der Waals surface area contributed by atoms with Gasteiger partial charge in [-0.05, 0) is 49.9 Å². The molecule has 3 heteroatoms. The largest absolute Gasteiger partial charge is 0.316 e. The molecule has 0 radical (unpaired) electrons. The van der Waals surface area contributed by atoms with E-state index in [2.05, 4.69) is 5.32 Å². The molecule has 0 amide bonds. The number of likely N-dealkylation sites (N-methyl/N-ethyl adjacent to an activating group) is 1. The van der Waals surface area contributed by atoms with Crippen LogP contribution in [-0.4, -0.2) is 13.1 Å². The summed E-state index contributed by atoms with van der Waals surface area (Å²) in [6.45, 7) is 0. The van der Waals surface area contributed by atoms with E-state index in [-0.39, 0.29) is 5.82 Å². The first-order valence-electron chi connectivity index (χ1n) is 7.82. The summed E-state index contributed by atoms with van der Waals surface area (Å²) in [5.74, 6) is 0.485. The van der Waals surface area contributed by atoms with Crippen molar-refractivity contribution in [3.8, 4) is 0 Å². The first-order chi connectivity index (χ1) is 9.70. The minimum Gasteiger partial charge on any atom is -0.316 e. The first-order valence-corrected chi connectivity index (χ1v) is 8.19. The molecule has 2 rings (SSSR count). The minimum absolute atomic E-state index is 0.177. The van der Waals surface area contributed by atoms with Crippen LogP contribution in [0, 0.1) is 11.7 Å². The average Bonchev–Trinajstić information content (AvgIpc) is 2.39. The molecule has 0 spiro atoms. The lowest BCUT2D eigenvalue weighted by Gasteiger charge is -2.29. The van der Waals surface area contributed by atoms with Crippen LogP contribution in [0.5, 0.6) is 0 Å². The van der Waals surface area contributed by atoms with Gasteiger partial charge >= 0.3 is 0 Å². The zero-order chi connectivity index (χ0) is 14.4. The van der Waals surface area contributed by atoms with Crippen molar-refractivity contribution in [2.24, 2.45) is 5.92 Å². The SMILES string of the molecule is CNC(Cc1ccc(Cl)cc1F)C1CCCCCCC1. The number of hydrogen-bond acceptors (Lipinski definition) is 1. The Kier molecular flexibility index (Phi) is 6.31. The number of nitrogens with one attached hydrogen (secondary N) is 1. The normalized spacial score (nSPS) is 19.4. The van der Waals surface area contributed by atoms with E-state index in [0.29, 0.717) is 17.0 Å². The van der Waals surface area contributed by atoms with E-state index >= 15 is 0 Å². The van der Waals surface area contributed by atoms with Crippen LogP contribution < -0.4 is 5.32 Å². The van der Waals surface area contributed by atoms with E-state index in [1.54, 1.807) is 6.07 Å². The van der Waals surface area contributed by atoms with Crippen molar-refractivity contribution < 1.29 is 4.39 Å². The molecular weight excluding hydrogens is 273 g/mol. The van der Waals surface area contributed by atoms with Gasteiger partial charge in [-0.3, -0.25) is 0 Å². The number of rotatable bonds is 4. The third kappa shape index (κ3) is 4.46. The second-order valence-electron chi connectivity index (χ2n) is 5.94. The predicted octanol–water partition coefficient (Wildman–Crippen LogP) is 4.97. The zero-order valence-electron chi connectivity index (χ0n) is 12.3. The molecule has 112 valence electrons. The molecule has 1 N–H and O–H groups in total. The number of halogens is 2. The van der Waals surface area contributed by atoms with Crippen LogP contribution in [0.4, 0.5) is 4.39 Å². The summed E-state index contributed by atoms with van der Waals surface area (Å²) in [4.78, 5) is 0. The maximum Gasteiger partial charge on any atom is 0.127 e. The molecule has 1 aromatic carbocycles. The number of benzene rings is 1. The zero-order valence-corrected chi connectivity index (χ0v) is 13.1. The first kappa shape index (κ1) is 15.8. The summed E-state index contributed by atoms with van der Waals surface area (Å²) in [6.07, 6.45) is 9.98. The highest BCUT2D eigenvalue weighted by molar-refractivity contribution is 6.30. The van der Waals surface area contributed by atoms with Gasteiger partial charge in [0.25, 0.3) is 0 Å². The molecule has 0 aromatic heterocycles. The lowest BCUT2D eigenvalue weighted by atomic mass is 9.83. The Labute approximate surface area is 126 Å². The monoisotopic (exact) mass is 297 g/mol. The molecule has 1 unspecified atom stereocenters. The topological polar surface area (TPSA) is 12.0 Å². The fourth-order valence-corrected chi connectivity index (χ4v) is 3.48. The minimum atomic E-state index is -0.177. The highest BCUT2D eigenvalue weighted by Crippen LogP contribution is 2.27. The molecule has 1 fully saturated rings. The fraction of sp³-hybridized carbons (Fsp3) is 0.647. The molecule has 1 aliphatic carbocycles. The Bertz CT molecular complexity index is 413. The smallest absolute Gasteiger partial charge is 0.127 e. The van der Waals surface area contributed by atoms with Gasteiger partial charge in [0.05, 0.1) is 0 Å². The standard InChI is InChI=1S/C17H25ClFN/c1-20-17(13-7-5-3-2-4-6-8-13)11-14-9-10-15(18)12-16(14)19/h9-10,12-13,17,20H,2-8,11H2,1H3. The maximum atomic E-state index is 13.9. The van der Waals surface area contributed by atoms with Crippen LogP contribution in [0.25, 0.3) is 0 Å². The van der Waals surface area contributed by atoms with E-state index in [1.807, 2.05) is 13.1 Å².